The van der Waals surface area contributed by atoms with Crippen LogP contribution in [0.15, 0.2) is 11.6 Å². The van der Waals surface area contributed by atoms with Gasteiger partial charge >= 0.3 is 0 Å². The molecular weight excluding hydrogens is 204 g/mol. The normalized spacial score (nSPS) is 17.7. The van der Waals surface area contributed by atoms with Crippen LogP contribution in [0.5, 0.6) is 0 Å². The molecular formula is C12H22N2S. The van der Waals surface area contributed by atoms with Crippen LogP contribution in [0.1, 0.15) is 46.0 Å². The third kappa shape index (κ3) is 2.79. The molecule has 0 aromatic carbocycles. The number of hydrogen-bond donors (Lipinski definition) is 1. The lowest BCUT2D eigenvalue weighted by atomic mass is 9.85. The second-order valence-electron chi connectivity index (χ2n) is 4.65. The molecule has 1 N–H and O–H groups in total. The molecule has 1 aromatic heterocycles. The zero-order chi connectivity index (χ0) is 11.5. The van der Waals surface area contributed by atoms with Gasteiger partial charge in [-0.1, -0.05) is 20.3 Å². The van der Waals surface area contributed by atoms with Gasteiger partial charge in [0, 0.05) is 17.6 Å². The summed E-state index contributed by atoms with van der Waals surface area (Å²) >= 11 is 1.74. The smallest absolute Gasteiger partial charge is 0.113 e. The van der Waals surface area contributed by atoms with Crippen LogP contribution in [0.2, 0.25) is 0 Å². The van der Waals surface area contributed by atoms with Crippen molar-refractivity contribution in [2.45, 2.75) is 52.6 Å². The molecule has 0 saturated heterocycles. The molecule has 0 aliphatic heterocycles. The number of hydrogen-bond acceptors (Lipinski definition) is 3. The van der Waals surface area contributed by atoms with Gasteiger partial charge in [0.25, 0.3) is 0 Å². The van der Waals surface area contributed by atoms with Crippen molar-refractivity contribution >= 4 is 11.3 Å². The fourth-order valence-electron chi connectivity index (χ4n) is 1.90. The van der Waals surface area contributed by atoms with Crippen LogP contribution >= 0.6 is 11.3 Å². The van der Waals surface area contributed by atoms with Crippen LogP contribution in [0.4, 0.5) is 0 Å². The van der Waals surface area contributed by atoms with Gasteiger partial charge in [-0.15, -0.1) is 11.3 Å². The highest BCUT2D eigenvalue weighted by molar-refractivity contribution is 7.09. The summed E-state index contributed by atoms with van der Waals surface area (Å²) < 4.78 is 0. The van der Waals surface area contributed by atoms with Crippen molar-refractivity contribution in [2.24, 2.45) is 5.92 Å². The van der Waals surface area contributed by atoms with Crippen molar-refractivity contribution in [3.05, 3.63) is 16.6 Å². The van der Waals surface area contributed by atoms with E-state index in [1.807, 2.05) is 6.20 Å². The average Bonchev–Trinajstić information content (AvgIpc) is 2.68. The topological polar surface area (TPSA) is 24.9 Å². The molecule has 2 atom stereocenters. The molecule has 0 fully saturated rings. The molecule has 0 radical (unpaired) electrons. The second kappa shape index (κ2) is 5.08. The maximum Gasteiger partial charge on any atom is 0.113 e. The Morgan fingerprint density at radius 2 is 2.13 bits per heavy atom. The average molecular weight is 226 g/mol. The Balaban J connectivity index is 2.96. The molecule has 3 heteroatoms. The third-order valence-corrected chi connectivity index (χ3v) is 4.07. The predicted octanol–water partition coefficient (Wildman–Crippen LogP) is 3.40. The maximum absolute atomic E-state index is 4.47. The zero-order valence-electron chi connectivity index (χ0n) is 10.4. The summed E-state index contributed by atoms with van der Waals surface area (Å²) in [6, 6.07) is 0.480. The second-order valence-corrected chi connectivity index (χ2v) is 5.54. The maximum atomic E-state index is 4.47. The highest BCUT2D eigenvalue weighted by Crippen LogP contribution is 2.33. The first-order valence-corrected chi connectivity index (χ1v) is 6.56. The van der Waals surface area contributed by atoms with Crippen LogP contribution in [0.25, 0.3) is 0 Å². The summed E-state index contributed by atoms with van der Waals surface area (Å²) in [5, 5.41) is 6.91. The zero-order valence-corrected chi connectivity index (χ0v) is 11.2. The van der Waals surface area contributed by atoms with Gasteiger partial charge in [-0.05, 0) is 26.7 Å². The van der Waals surface area contributed by atoms with Gasteiger partial charge in [-0.3, -0.25) is 0 Å². The quantitative estimate of drug-likeness (QED) is 0.832. The first kappa shape index (κ1) is 12.7. The highest BCUT2D eigenvalue weighted by Gasteiger charge is 2.34. The molecule has 0 aliphatic carbocycles. The van der Waals surface area contributed by atoms with Gasteiger partial charge in [-0.25, -0.2) is 4.98 Å². The van der Waals surface area contributed by atoms with E-state index >= 15 is 0 Å². The minimum Gasteiger partial charge on any atom is -0.303 e. The van der Waals surface area contributed by atoms with E-state index in [1.165, 1.54) is 5.01 Å². The summed E-state index contributed by atoms with van der Waals surface area (Å²) in [5.41, 5.74) is 0.0110. The van der Waals surface area contributed by atoms with Gasteiger partial charge in [0.2, 0.25) is 0 Å². The molecule has 1 aromatic rings. The van der Waals surface area contributed by atoms with Gasteiger partial charge in [0.1, 0.15) is 5.01 Å². The molecule has 0 bridgehead atoms. The molecule has 1 rings (SSSR count). The summed E-state index contributed by atoms with van der Waals surface area (Å²) in [4.78, 5) is 4.47. The van der Waals surface area contributed by atoms with Crippen molar-refractivity contribution in [2.75, 3.05) is 0 Å². The first-order valence-electron chi connectivity index (χ1n) is 5.68. The Morgan fingerprint density at radius 1 is 1.47 bits per heavy atom. The van der Waals surface area contributed by atoms with Crippen LogP contribution in [-0.4, -0.2) is 11.0 Å². The molecule has 0 aliphatic rings. The van der Waals surface area contributed by atoms with E-state index in [-0.39, 0.29) is 5.54 Å². The van der Waals surface area contributed by atoms with E-state index in [1.54, 1.807) is 11.3 Å². The van der Waals surface area contributed by atoms with Gasteiger partial charge in [-0.2, -0.15) is 0 Å². The van der Waals surface area contributed by atoms with E-state index in [0.29, 0.717) is 12.0 Å². The number of nitrogens with zero attached hydrogens (tertiary/aromatic N) is 1. The lowest BCUT2D eigenvalue weighted by molar-refractivity contribution is 0.223. The Bertz CT molecular complexity index is 282. The van der Waals surface area contributed by atoms with E-state index in [4.69, 9.17) is 0 Å². The number of nitrogens with one attached hydrogen (secondary N) is 1. The Labute approximate surface area is 97.1 Å². The SMILES string of the molecule is CCC(C)C(C)(NC(C)C)c1nccs1. The van der Waals surface area contributed by atoms with Crippen molar-refractivity contribution < 1.29 is 0 Å². The van der Waals surface area contributed by atoms with E-state index in [9.17, 15) is 0 Å². The number of aromatic nitrogens is 1. The molecule has 2 nitrogen and oxygen atoms in total. The van der Waals surface area contributed by atoms with Crippen molar-refractivity contribution in [3.63, 3.8) is 0 Å². The van der Waals surface area contributed by atoms with E-state index < -0.39 is 0 Å². The molecule has 0 saturated carbocycles. The third-order valence-electron chi connectivity index (χ3n) is 3.06. The molecule has 0 amide bonds. The fourth-order valence-corrected chi connectivity index (χ4v) is 2.78. The van der Waals surface area contributed by atoms with Crippen LogP contribution in [-0.2, 0) is 5.54 Å². The Kier molecular flexibility index (Phi) is 4.29. The van der Waals surface area contributed by atoms with Gasteiger partial charge < -0.3 is 5.32 Å². The van der Waals surface area contributed by atoms with Gasteiger partial charge in [0.05, 0.1) is 5.54 Å². The van der Waals surface area contributed by atoms with Crippen LogP contribution in [0, 0.1) is 5.92 Å². The molecule has 0 spiro atoms. The first-order chi connectivity index (χ1) is 7.00. The van der Waals surface area contributed by atoms with E-state index in [0.717, 1.165) is 6.42 Å². The summed E-state index contributed by atoms with van der Waals surface area (Å²) in [5.74, 6) is 0.589. The van der Waals surface area contributed by atoms with Crippen molar-refractivity contribution in [1.29, 1.82) is 0 Å². The summed E-state index contributed by atoms with van der Waals surface area (Å²) in [6.45, 7) is 11.2. The van der Waals surface area contributed by atoms with Crippen LogP contribution < -0.4 is 5.32 Å². The standard InChI is InChI=1S/C12H22N2S/c1-6-10(4)12(5,14-9(2)3)11-13-7-8-15-11/h7-10,14H,6H2,1-5H3. The highest BCUT2D eigenvalue weighted by atomic mass is 32.1. The lowest BCUT2D eigenvalue weighted by Gasteiger charge is -2.36. The molecule has 86 valence electrons. The Hall–Kier alpha value is -0.410. The number of rotatable bonds is 5. The van der Waals surface area contributed by atoms with Crippen LogP contribution in [0.3, 0.4) is 0 Å². The summed E-state index contributed by atoms with van der Waals surface area (Å²) in [6.07, 6.45) is 3.05. The summed E-state index contributed by atoms with van der Waals surface area (Å²) in [7, 11) is 0. The Morgan fingerprint density at radius 3 is 2.53 bits per heavy atom. The molecule has 15 heavy (non-hydrogen) atoms. The predicted molar refractivity (Wildman–Crippen MR) is 67.2 cm³/mol. The van der Waals surface area contributed by atoms with Crippen molar-refractivity contribution in [3.8, 4) is 0 Å². The largest absolute Gasteiger partial charge is 0.303 e. The fraction of sp³-hybridized carbons (Fsp3) is 0.750. The number of thiazole rings is 1. The minimum absolute atomic E-state index is 0.0110. The minimum atomic E-state index is 0.0110. The lowest BCUT2D eigenvalue weighted by Crippen LogP contribution is -2.48. The van der Waals surface area contributed by atoms with Gasteiger partial charge in [0.15, 0.2) is 0 Å². The molecule has 2 unspecified atom stereocenters. The van der Waals surface area contributed by atoms with Crippen molar-refractivity contribution in [1.82, 2.24) is 10.3 Å². The monoisotopic (exact) mass is 226 g/mol. The molecule has 1 heterocycles. The van der Waals surface area contributed by atoms with E-state index in [2.05, 4.69) is 50.3 Å².